The fourth-order valence-electron chi connectivity index (χ4n) is 2.99. The van der Waals surface area contributed by atoms with E-state index in [1.807, 2.05) is 18.2 Å². The molecule has 0 atom stereocenters. The second kappa shape index (κ2) is 5.70. The summed E-state index contributed by atoms with van der Waals surface area (Å²) in [5.41, 5.74) is 1.69. The van der Waals surface area contributed by atoms with Crippen molar-refractivity contribution >= 4 is 26.8 Å². The van der Waals surface area contributed by atoms with Crippen LogP contribution >= 0.6 is 15.9 Å². The number of quaternary nitrogens is 1. The van der Waals surface area contributed by atoms with Crippen molar-refractivity contribution in [3.63, 3.8) is 0 Å². The van der Waals surface area contributed by atoms with Crippen LogP contribution in [-0.4, -0.2) is 23.2 Å². The molecule has 2 heterocycles. The molecule has 3 nitrogen and oxygen atoms in total. The van der Waals surface area contributed by atoms with Gasteiger partial charge < -0.3 is 10.0 Å². The maximum Gasteiger partial charge on any atom is 0.150 e. The lowest BCUT2D eigenvalue weighted by atomic mass is 9.98. The Morgan fingerprint density at radius 3 is 2.90 bits per heavy atom. The van der Waals surface area contributed by atoms with Crippen LogP contribution in [0.3, 0.4) is 0 Å². The normalized spacial score (nSPS) is 23.1. The minimum Gasteiger partial charge on any atom is -0.505 e. The molecule has 0 saturated carbocycles. The van der Waals surface area contributed by atoms with Crippen molar-refractivity contribution < 1.29 is 10.0 Å². The molecule has 1 fully saturated rings. The summed E-state index contributed by atoms with van der Waals surface area (Å²) in [5.74, 6) is 1.19. The summed E-state index contributed by atoms with van der Waals surface area (Å²) in [6.45, 7) is 5.59. The third-order valence-corrected chi connectivity index (χ3v) is 4.97. The average Bonchev–Trinajstić information content (AvgIpc) is 2.47. The number of fused-ring (bicyclic) bond motifs is 1. The van der Waals surface area contributed by atoms with E-state index < -0.39 is 0 Å². The summed E-state index contributed by atoms with van der Waals surface area (Å²) in [6, 6.07) is 5.92. The molecule has 0 spiro atoms. The molecule has 2 N–H and O–H groups in total. The summed E-state index contributed by atoms with van der Waals surface area (Å²) in [4.78, 5) is 5.87. The number of hydrogen-bond acceptors (Lipinski definition) is 2. The van der Waals surface area contributed by atoms with E-state index in [0.717, 1.165) is 27.9 Å². The first kappa shape index (κ1) is 13.8. The Morgan fingerprint density at radius 1 is 1.40 bits per heavy atom. The fourth-order valence-corrected chi connectivity index (χ4v) is 3.59. The highest BCUT2D eigenvalue weighted by Gasteiger charge is 2.21. The molecule has 2 aromatic rings. The first-order valence-electron chi connectivity index (χ1n) is 7.24. The molecule has 20 heavy (non-hydrogen) atoms. The minimum absolute atomic E-state index is 0.343. The maximum absolute atomic E-state index is 10.5. The van der Waals surface area contributed by atoms with Gasteiger partial charge in [0.15, 0.2) is 5.75 Å². The van der Waals surface area contributed by atoms with E-state index in [4.69, 9.17) is 0 Å². The van der Waals surface area contributed by atoms with Gasteiger partial charge >= 0.3 is 0 Å². The Labute approximate surface area is 127 Å². The number of hydrogen-bond donors (Lipinski definition) is 2. The van der Waals surface area contributed by atoms with Gasteiger partial charge in [0.2, 0.25) is 0 Å². The van der Waals surface area contributed by atoms with E-state index in [9.17, 15) is 5.11 Å². The molecule has 0 radical (unpaired) electrons. The van der Waals surface area contributed by atoms with Crippen molar-refractivity contribution in [2.45, 2.75) is 26.3 Å². The van der Waals surface area contributed by atoms with E-state index in [0.29, 0.717) is 11.3 Å². The molecule has 1 aliphatic rings. The molecule has 1 saturated heterocycles. The van der Waals surface area contributed by atoms with Gasteiger partial charge in [-0.25, -0.2) is 0 Å². The van der Waals surface area contributed by atoms with Crippen LogP contribution in [0.15, 0.2) is 28.9 Å². The van der Waals surface area contributed by atoms with E-state index in [1.165, 1.54) is 25.9 Å². The monoisotopic (exact) mass is 335 g/mol. The summed E-state index contributed by atoms with van der Waals surface area (Å²) in [5, 5.41) is 11.4. The predicted octanol–water partition coefficient (Wildman–Crippen LogP) is 2.52. The van der Waals surface area contributed by atoms with Crippen molar-refractivity contribution in [2.75, 3.05) is 13.1 Å². The molecule has 1 aromatic heterocycles. The van der Waals surface area contributed by atoms with Gasteiger partial charge in [-0.2, -0.15) is 0 Å². The Kier molecular flexibility index (Phi) is 3.94. The number of nitrogens with one attached hydrogen (secondary N) is 1. The standard InChI is InChI=1S/C16H19BrN2O/c1-11-4-7-19(8-5-11)10-12-9-14(17)13-3-2-6-18-15(13)16(12)20/h2-3,6,9,11,20H,4-5,7-8,10H2,1H3/p+1. The zero-order valence-electron chi connectivity index (χ0n) is 11.7. The first-order chi connectivity index (χ1) is 9.65. The van der Waals surface area contributed by atoms with Crippen LogP contribution in [0.1, 0.15) is 25.3 Å². The van der Waals surface area contributed by atoms with Gasteiger partial charge in [-0.1, -0.05) is 28.9 Å². The first-order valence-corrected chi connectivity index (χ1v) is 8.03. The number of benzene rings is 1. The lowest BCUT2D eigenvalue weighted by Gasteiger charge is -2.27. The van der Waals surface area contributed by atoms with Crippen molar-refractivity contribution in [1.29, 1.82) is 0 Å². The summed E-state index contributed by atoms with van der Waals surface area (Å²) in [6.07, 6.45) is 4.29. The zero-order valence-corrected chi connectivity index (χ0v) is 13.3. The third kappa shape index (κ3) is 2.67. The Morgan fingerprint density at radius 2 is 2.15 bits per heavy atom. The highest BCUT2D eigenvalue weighted by atomic mass is 79.9. The topological polar surface area (TPSA) is 37.6 Å². The molecule has 3 rings (SSSR count). The number of phenols is 1. The van der Waals surface area contributed by atoms with Crippen molar-refractivity contribution in [3.05, 3.63) is 34.4 Å². The van der Waals surface area contributed by atoms with E-state index in [2.05, 4.69) is 27.8 Å². The highest BCUT2D eigenvalue weighted by molar-refractivity contribution is 9.10. The van der Waals surface area contributed by atoms with Crippen molar-refractivity contribution in [2.24, 2.45) is 5.92 Å². The largest absolute Gasteiger partial charge is 0.505 e. The van der Waals surface area contributed by atoms with Gasteiger partial charge in [0, 0.05) is 16.1 Å². The predicted molar refractivity (Wildman–Crippen MR) is 83.9 cm³/mol. The van der Waals surface area contributed by atoms with Crippen LogP contribution in [0.2, 0.25) is 0 Å². The molecular formula is C16H20BrN2O+. The molecule has 1 aliphatic heterocycles. The number of phenolic OH excluding ortho intramolecular Hbond substituents is 1. The number of rotatable bonds is 2. The number of piperidine rings is 1. The molecule has 1 aromatic carbocycles. The number of aromatic hydroxyl groups is 1. The molecule has 0 aliphatic carbocycles. The number of likely N-dealkylation sites (tertiary alicyclic amines) is 1. The molecule has 4 heteroatoms. The second-order valence-electron chi connectivity index (χ2n) is 5.87. The van der Waals surface area contributed by atoms with Crippen molar-refractivity contribution in [3.8, 4) is 5.75 Å². The van der Waals surface area contributed by atoms with Gasteiger partial charge in [-0.15, -0.1) is 0 Å². The van der Waals surface area contributed by atoms with E-state index in [-0.39, 0.29) is 0 Å². The van der Waals surface area contributed by atoms with Gasteiger partial charge in [0.25, 0.3) is 0 Å². The zero-order chi connectivity index (χ0) is 14.1. The summed E-state index contributed by atoms with van der Waals surface area (Å²) in [7, 11) is 0. The summed E-state index contributed by atoms with van der Waals surface area (Å²) < 4.78 is 1.01. The minimum atomic E-state index is 0.343. The Hall–Kier alpha value is -1.13. The molecule has 0 unspecified atom stereocenters. The smallest absolute Gasteiger partial charge is 0.150 e. The molecule has 106 valence electrons. The SMILES string of the molecule is CC1CC[NH+](Cc2cc(Br)c3cccnc3c2O)CC1. The van der Waals surface area contributed by atoms with E-state index in [1.54, 1.807) is 11.1 Å². The fraction of sp³-hybridized carbons (Fsp3) is 0.438. The Balaban J connectivity index is 1.90. The summed E-state index contributed by atoms with van der Waals surface area (Å²) >= 11 is 3.60. The van der Waals surface area contributed by atoms with Crippen LogP contribution in [0.25, 0.3) is 10.9 Å². The number of aromatic nitrogens is 1. The van der Waals surface area contributed by atoms with E-state index >= 15 is 0 Å². The van der Waals surface area contributed by atoms with Gasteiger partial charge in [-0.3, -0.25) is 4.98 Å². The third-order valence-electron chi connectivity index (χ3n) is 4.32. The van der Waals surface area contributed by atoms with Gasteiger partial charge in [0.1, 0.15) is 12.1 Å². The van der Waals surface area contributed by atoms with Crippen LogP contribution < -0.4 is 4.90 Å². The van der Waals surface area contributed by atoms with Crippen LogP contribution in [-0.2, 0) is 6.54 Å². The molecule has 0 bridgehead atoms. The number of nitrogens with zero attached hydrogens (tertiary/aromatic N) is 1. The van der Waals surface area contributed by atoms with Gasteiger partial charge in [0.05, 0.1) is 18.7 Å². The van der Waals surface area contributed by atoms with Crippen molar-refractivity contribution in [1.82, 2.24) is 4.98 Å². The quantitative estimate of drug-likeness (QED) is 0.884. The number of pyridine rings is 1. The van der Waals surface area contributed by atoms with Crippen LogP contribution in [0.5, 0.6) is 5.75 Å². The number of halogens is 1. The lowest BCUT2D eigenvalue weighted by Crippen LogP contribution is -3.11. The Bertz CT molecular complexity index is 621. The average molecular weight is 336 g/mol. The lowest BCUT2D eigenvalue weighted by molar-refractivity contribution is -0.919. The highest BCUT2D eigenvalue weighted by Crippen LogP contribution is 2.32. The van der Waals surface area contributed by atoms with Crippen LogP contribution in [0.4, 0.5) is 0 Å². The molecular weight excluding hydrogens is 316 g/mol. The maximum atomic E-state index is 10.5. The van der Waals surface area contributed by atoms with Crippen LogP contribution in [0, 0.1) is 5.92 Å². The second-order valence-corrected chi connectivity index (χ2v) is 6.73. The molecule has 0 amide bonds. The van der Waals surface area contributed by atoms with Gasteiger partial charge in [-0.05, 0) is 30.9 Å².